The van der Waals surface area contributed by atoms with E-state index in [1.54, 1.807) is 31.2 Å². The lowest BCUT2D eigenvalue weighted by atomic mass is 9.88. The van der Waals surface area contributed by atoms with E-state index in [-0.39, 0.29) is 36.7 Å². The molecule has 8 heteroatoms. The van der Waals surface area contributed by atoms with Crippen molar-refractivity contribution in [2.45, 2.75) is 30.2 Å². The van der Waals surface area contributed by atoms with Gasteiger partial charge in [0, 0.05) is 19.6 Å². The second-order valence-corrected chi connectivity index (χ2v) is 9.29. The van der Waals surface area contributed by atoms with Gasteiger partial charge in [0.2, 0.25) is 10.0 Å². The normalized spacial score (nSPS) is 19.6. The highest BCUT2D eigenvalue weighted by molar-refractivity contribution is 7.89. The van der Waals surface area contributed by atoms with Crippen LogP contribution in [0.4, 0.5) is 4.79 Å². The molecular formula is C21H23N3O4S. The van der Waals surface area contributed by atoms with Crippen molar-refractivity contribution < 1.29 is 18.0 Å². The lowest BCUT2D eigenvalue weighted by molar-refractivity contribution is -0.132. The smallest absolute Gasteiger partial charge is 0.323 e. The number of urea groups is 1. The van der Waals surface area contributed by atoms with E-state index in [0.717, 1.165) is 11.1 Å². The molecule has 2 aromatic rings. The summed E-state index contributed by atoms with van der Waals surface area (Å²) < 4.78 is 27.5. The number of likely N-dealkylation sites (N-methyl/N-ethyl adjacent to an activating group) is 1. The van der Waals surface area contributed by atoms with Gasteiger partial charge in [-0.3, -0.25) is 9.69 Å². The molecular weight excluding hydrogens is 390 g/mol. The number of imide groups is 1. The summed E-state index contributed by atoms with van der Waals surface area (Å²) in [5, 5.41) is 2.77. The number of nitrogens with zero attached hydrogens (tertiary/aromatic N) is 2. The highest BCUT2D eigenvalue weighted by Crippen LogP contribution is 2.32. The Morgan fingerprint density at radius 1 is 0.931 bits per heavy atom. The number of carbonyl (C=O) groups is 2. The van der Waals surface area contributed by atoms with Crippen LogP contribution in [0.1, 0.15) is 19.8 Å². The van der Waals surface area contributed by atoms with Crippen LogP contribution in [0, 0.1) is 0 Å². The van der Waals surface area contributed by atoms with Gasteiger partial charge in [0.1, 0.15) is 5.54 Å². The molecule has 0 aromatic heterocycles. The first-order chi connectivity index (χ1) is 13.9. The highest BCUT2D eigenvalue weighted by atomic mass is 32.2. The number of amides is 3. The van der Waals surface area contributed by atoms with Gasteiger partial charge in [0.05, 0.1) is 4.90 Å². The SMILES string of the molecule is CCN1C(=O)NC2(CCN(S(=O)(=O)c3ccc(-c4ccccc4)cc3)CC2)C1=O. The Kier molecular flexibility index (Phi) is 4.92. The molecule has 4 rings (SSSR count). The average molecular weight is 413 g/mol. The summed E-state index contributed by atoms with van der Waals surface area (Å²) in [4.78, 5) is 26.0. The molecule has 0 unspecified atom stereocenters. The van der Waals surface area contributed by atoms with E-state index in [1.807, 2.05) is 30.3 Å². The Labute approximate surface area is 170 Å². The van der Waals surface area contributed by atoms with Gasteiger partial charge in [0.15, 0.2) is 0 Å². The second-order valence-electron chi connectivity index (χ2n) is 7.36. The van der Waals surface area contributed by atoms with E-state index in [4.69, 9.17) is 0 Å². The first-order valence-electron chi connectivity index (χ1n) is 9.67. The Hall–Kier alpha value is -2.71. The summed E-state index contributed by atoms with van der Waals surface area (Å²) in [7, 11) is -3.66. The zero-order valence-corrected chi connectivity index (χ0v) is 17.0. The minimum Gasteiger partial charge on any atom is -0.323 e. The quantitative estimate of drug-likeness (QED) is 0.780. The number of carbonyl (C=O) groups excluding carboxylic acids is 2. The van der Waals surface area contributed by atoms with Gasteiger partial charge in [-0.25, -0.2) is 13.2 Å². The molecule has 0 radical (unpaired) electrons. The van der Waals surface area contributed by atoms with Crippen LogP contribution in [0.3, 0.4) is 0 Å². The highest BCUT2D eigenvalue weighted by Gasteiger charge is 2.52. The lowest BCUT2D eigenvalue weighted by Gasteiger charge is -2.36. The molecule has 1 N–H and O–H groups in total. The number of hydrogen-bond acceptors (Lipinski definition) is 4. The number of rotatable bonds is 4. The van der Waals surface area contributed by atoms with E-state index in [0.29, 0.717) is 6.54 Å². The Balaban J connectivity index is 1.50. The van der Waals surface area contributed by atoms with Crippen molar-refractivity contribution in [1.29, 1.82) is 0 Å². The van der Waals surface area contributed by atoms with Gasteiger partial charge in [-0.1, -0.05) is 42.5 Å². The molecule has 2 heterocycles. The third-order valence-corrected chi connectivity index (χ3v) is 7.65. The van der Waals surface area contributed by atoms with Crippen molar-refractivity contribution in [3.63, 3.8) is 0 Å². The third kappa shape index (κ3) is 3.32. The summed E-state index contributed by atoms with van der Waals surface area (Å²) in [5.74, 6) is -0.255. The topological polar surface area (TPSA) is 86.8 Å². The summed E-state index contributed by atoms with van der Waals surface area (Å²) in [6, 6.07) is 16.2. The molecule has 0 aliphatic carbocycles. The maximum Gasteiger partial charge on any atom is 0.325 e. The van der Waals surface area contributed by atoms with Crippen molar-refractivity contribution >= 4 is 22.0 Å². The molecule has 2 saturated heterocycles. The first-order valence-corrected chi connectivity index (χ1v) is 11.1. The molecule has 152 valence electrons. The third-order valence-electron chi connectivity index (χ3n) is 5.74. The fourth-order valence-corrected chi connectivity index (χ4v) is 5.45. The van der Waals surface area contributed by atoms with Crippen LogP contribution in [0.5, 0.6) is 0 Å². The minimum absolute atomic E-state index is 0.187. The minimum atomic E-state index is -3.66. The Morgan fingerprint density at radius 2 is 1.52 bits per heavy atom. The Morgan fingerprint density at radius 3 is 2.07 bits per heavy atom. The summed E-state index contributed by atoms with van der Waals surface area (Å²) in [5.41, 5.74) is 0.990. The van der Waals surface area contributed by atoms with Crippen molar-refractivity contribution in [2.75, 3.05) is 19.6 Å². The van der Waals surface area contributed by atoms with Crippen molar-refractivity contribution in [3.05, 3.63) is 54.6 Å². The molecule has 7 nitrogen and oxygen atoms in total. The zero-order chi connectivity index (χ0) is 20.6. The number of sulfonamides is 1. The van der Waals surface area contributed by atoms with Crippen LogP contribution in [0.25, 0.3) is 11.1 Å². The predicted molar refractivity (Wildman–Crippen MR) is 109 cm³/mol. The van der Waals surface area contributed by atoms with Crippen LogP contribution < -0.4 is 5.32 Å². The molecule has 2 fully saturated rings. The van der Waals surface area contributed by atoms with E-state index in [9.17, 15) is 18.0 Å². The molecule has 0 bridgehead atoms. The molecule has 0 saturated carbocycles. The molecule has 1 spiro atoms. The number of hydrogen-bond donors (Lipinski definition) is 1. The van der Waals surface area contributed by atoms with Crippen molar-refractivity contribution in [3.8, 4) is 11.1 Å². The van der Waals surface area contributed by atoms with Gasteiger partial charge in [-0.15, -0.1) is 0 Å². The van der Waals surface area contributed by atoms with E-state index < -0.39 is 21.6 Å². The number of nitrogens with one attached hydrogen (secondary N) is 1. The molecule has 2 aromatic carbocycles. The van der Waals surface area contributed by atoms with Crippen molar-refractivity contribution in [1.82, 2.24) is 14.5 Å². The second kappa shape index (κ2) is 7.27. The van der Waals surface area contributed by atoms with Gasteiger partial charge >= 0.3 is 6.03 Å². The summed E-state index contributed by atoms with van der Waals surface area (Å²) >= 11 is 0. The molecule has 2 aliphatic heterocycles. The zero-order valence-electron chi connectivity index (χ0n) is 16.2. The standard InChI is InChI=1S/C21H23N3O4S/c1-2-24-19(25)21(22-20(24)26)12-14-23(15-13-21)29(27,28)18-10-8-17(9-11-18)16-6-4-3-5-7-16/h3-11H,2,12-15H2,1H3,(H,22,26). The van der Waals surface area contributed by atoms with Gasteiger partial charge < -0.3 is 5.32 Å². The lowest BCUT2D eigenvalue weighted by Crippen LogP contribution is -2.55. The molecule has 29 heavy (non-hydrogen) atoms. The Bertz CT molecular complexity index is 1030. The van der Waals surface area contributed by atoms with Gasteiger partial charge in [0.25, 0.3) is 5.91 Å². The number of benzene rings is 2. The van der Waals surface area contributed by atoms with Crippen LogP contribution in [0.2, 0.25) is 0 Å². The molecule has 2 aliphatic rings. The monoisotopic (exact) mass is 413 g/mol. The van der Waals surface area contributed by atoms with Crippen LogP contribution in [-0.4, -0.2) is 54.7 Å². The van der Waals surface area contributed by atoms with Gasteiger partial charge in [-0.05, 0) is 43.0 Å². The van der Waals surface area contributed by atoms with Crippen LogP contribution in [-0.2, 0) is 14.8 Å². The number of piperidine rings is 1. The fourth-order valence-electron chi connectivity index (χ4n) is 4.01. The van der Waals surface area contributed by atoms with E-state index >= 15 is 0 Å². The fraction of sp³-hybridized carbons (Fsp3) is 0.333. The van der Waals surface area contributed by atoms with Crippen molar-refractivity contribution in [2.24, 2.45) is 0 Å². The largest absolute Gasteiger partial charge is 0.325 e. The average Bonchev–Trinajstić information content (AvgIpc) is 2.97. The van der Waals surface area contributed by atoms with Crippen LogP contribution in [0.15, 0.2) is 59.5 Å². The predicted octanol–water partition coefficient (Wildman–Crippen LogP) is 2.45. The molecule has 0 atom stereocenters. The maximum atomic E-state index is 13.0. The summed E-state index contributed by atoms with van der Waals surface area (Å²) in [6.07, 6.45) is 0.546. The van der Waals surface area contributed by atoms with E-state index in [1.165, 1.54) is 9.21 Å². The molecule has 3 amide bonds. The maximum absolute atomic E-state index is 13.0. The summed E-state index contributed by atoms with van der Waals surface area (Å²) in [6.45, 7) is 2.43. The van der Waals surface area contributed by atoms with Gasteiger partial charge in [-0.2, -0.15) is 4.31 Å². The van der Waals surface area contributed by atoms with E-state index in [2.05, 4.69) is 5.32 Å². The first kappa shape index (κ1) is 19.6. The van der Waals surface area contributed by atoms with Crippen LogP contribution >= 0.6 is 0 Å².